The van der Waals surface area contributed by atoms with Crippen molar-refractivity contribution in [2.75, 3.05) is 11.9 Å². The number of allylic oxidation sites excluding steroid dienone is 2. The van der Waals surface area contributed by atoms with Gasteiger partial charge in [-0.25, -0.2) is 4.98 Å². The third-order valence-corrected chi connectivity index (χ3v) is 12.2. The van der Waals surface area contributed by atoms with Crippen LogP contribution < -0.4 is 5.32 Å². The smallest absolute Gasteiger partial charge is 0.291 e. The first-order chi connectivity index (χ1) is 22.2. The van der Waals surface area contributed by atoms with E-state index in [0.29, 0.717) is 6.61 Å². The number of carbonyl (C=O) groups is 1. The van der Waals surface area contributed by atoms with E-state index in [1.54, 1.807) is 10.8 Å². The van der Waals surface area contributed by atoms with Gasteiger partial charge in [-0.2, -0.15) is 5.26 Å². The van der Waals surface area contributed by atoms with E-state index in [2.05, 4.69) is 128 Å². The molecule has 2 aliphatic heterocycles. The highest BCUT2D eigenvalue weighted by atomic mass is 28.3. The molecule has 48 heavy (non-hydrogen) atoms. The van der Waals surface area contributed by atoms with Crippen LogP contribution in [0.2, 0.25) is 25.7 Å². The predicted molar refractivity (Wildman–Crippen MR) is 198 cm³/mol. The van der Waals surface area contributed by atoms with Crippen molar-refractivity contribution in [3.63, 3.8) is 0 Å². The van der Waals surface area contributed by atoms with Gasteiger partial charge in [0.15, 0.2) is 5.69 Å². The lowest BCUT2D eigenvalue weighted by molar-refractivity contribution is -0.158. The lowest BCUT2D eigenvalue weighted by atomic mass is 9.69. The molecule has 1 aromatic heterocycles. The van der Waals surface area contributed by atoms with Crippen molar-refractivity contribution in [3.8, 4) is 6.07 Å². The lowest BCUT2D eigenvalue weighted by Gasteiger charge is -2.50. The Morgan fingerprint density at radius 1 is 1.10 bits per heavy atom. The molecule has 3 aliphatic rings. The monoisotopic (exact) mass is 668 g/mol. The first-order valence-corrected chi connectivity index (χ1v) is 21.2. The zero-order chi connectivity index (χ0) is 35.3. The summed E-state index contributed by atoms with van der Waals surface area (Å²) in [5, 5.41) is 12.8. The minimum Gasteiger partial charge on any atom is -0.361 e. The van der Waals surface area contributed by atoms with Crippen LogP contribution >= 0.6 is 0 Å². The Kier molecular flexibility index (Phi) is 9.44. The largest absolute Gasteiger partial charge is 0.361 e. The van der Waals surface area contributed by atoms with Gasteiger partial charge < -0.3 is 19.4 Å². The van der Waals surface area contributed by atoms with E-state index in [1.165, 1.54) is 11.1 Å². The highest BCUT2D eigenvalue weighted by Crippen LogP contribution is 2.57. The summed E-state index contributed by atoms with van der Waals surface area (Å²) in [5.41, 5.74) is 4.68. The maximum atomic E-state index is 13.9. The summed E-state index contributed by atoms with van der Waals surface area (Å²) < 4.78 is 14.6. The van der Waals surface area contributed by atoms with E-state index in [1.807, 2.05) is 6.07 Å². The molecule has 2 bridgehead atoms. The van der Waals surface area contributed by atoms with Crippen LogP contribution in [0, 0.1) is 27.6 Å². The van der Waals surface area contributed by atoms with Crippen LogP contribution in [0.4, 0.5) is 5.69 Å². The highest BCUT2D eigenvalue weighted by molar-refractivity contribution is 6.76. The topological polar surface area (TPSA) is 89.2 Å². The molecule has 0 spiro atoms. The molecule has 0 saturated carbocycles. The maximum absolute atomic E-state index is 13.9. The number of hydrogen-bond acceptors (Lipinski definition) is 5. The Balaban J connectivity index is 1.51. The van der Waals surface area contributed by atoms with Crippen molar-refractivity contribution in [2.45, 2.75) is 125 Å². The molecule has 1 amide bonds. The Bertz CT molecular complexity index is 1700. The molecule has 0 radical (unpaired) electrons. The second kappa shape index (κ2) is 12.6. The first-order valence-electron chi connectivity index (χ1n) is 17.5. The number of anilines is 1. The molecule has 3 heterocycles. The molecule has 0 fully saturated rings. The van der Waals surface area contributed by atoms with Crippen LogP contribution in [0.15, 0.2) is 48.7 Å². The van der Waals surface area contributed by atoms with Crippen LogP contribution in [0.3, 0.4) is 0 Å². The van der Waals surface area contributed by atoms with Crippen molar-refractivity contribution >= 4 is 30.8 Å². The summed E-state index contributed by atoms with van der Waals surface area (Å²) in [4.78, 5) is 18.2. The average molecular weight is 669 g/mol. The molecule has 1 N–H and O–H groups in total. The van der Waals surface area contributed by atoms with E-state index >= 15 is 0 Å². The van der Waals surface area contributed by atoms with Crippen molar-refractivity contribution in [2.24, 2.45) is 16.2 Å². The molecule has 258 valence electrons. The summed E-state index contributed by atoms with van der Waals surface area (Å²) >= 11 is 0. The molecule has 5 rings (SSSR count). The van der Waals surface area contributed by atoms with Gasteiger partial charge in [-0.05, 0) is 82.5 Å². The summed E-state index contributed by atoms with van der Waals surface area (Å²) in [6.45, 7) is 25.8. The third kappa shape index (κ3) is 7.34. The van der Waals surface area contributed by atoms with Crippen LogP contribution in [-0.2, 0) is 16.2 Å². The Morgan fingerprint density at radius 2 is 1.83 bits per heavy atom. The standard InChI is InChI=1S/C40H56N4O3Si/c1-36(2,3)39-18-19-40(47-39,37(4,5)6)24-30(23-39)29-12-13-33(32(22-29)28-14-16-38(7,8)17-15-28)43-35(45)34-42-31(25-41)26-44(34)27-46-20-21-48(9,10)11/h12-14,18-19,22-23,26H,15-17,20-21,24,27H2,1-11H3,(H,43,45). The molecule has 2 unspecified atom stereocenters. The van der Waals surface area contributed by atoms with Gasteiger partial charge in [0.2, 0.25) is 5.82 Å². The SMILES string of the molecule is CC1(C)CC=C(c2cc(C3=CC4(C(C)(C)C)C=CC(C(C)(C)C)(C3)O4)ccc2NC(=O)c2nc(C#N)cn2COCC[Si](C)(C)C)CC1. The number of hydrogen-bond donors (Lipinski definition) is 1. The Hall–Kier alpha value is -3.25. The van der Waals surface area contributed by atoms with E-state index in [9.17, 15) is 10.1 Å². The molecular weight excluding hydrogens is 613 g/mol. The van der Waals surface area contributed by atoms with Crippen LogP contribution in [0.1, 0.15) is 109 Å². The number of ether oxygens (including phenoxy) is 2. The lowest BCUT2D eigenvalue weighted by Crippen LogP contribution is -2.52. The van der Waals surface area contributed by atoms with Crippen molar-refractivity contribution in [1.82, 2.24) is 9.55 Å². The quantitative estimate of drug-likeness (QED) is 0.163. The Labute approximate surface area is 289 Å². The maximum Gasteiger partial charge on any atom is 0.291 e. The average Bonchev–Trinajstić information content (AvgIpc) is 3.53. The zero-order valence-electron chi connectivity index (χ0n) is 31.1. The number of carbonyl (C=O) groups excluding carboxylic acids is 1. The number of aromatic nitrogens is 2. The van der Waals surface area contributed by atoms with E-state index < -0.39 is 19.3 Å². The molecule has 0 saturated heterocycles. The van der Waals surface area contributed by atoms with Crippen LogP contribution in [0.5, 0.6) is 0 Å². The van der Waals surface area contributed by atoms with Gasteiger partial charge in [0.1, 0.15) is 18.4 Å². The number of imidazole rings is 1. The number of rotatable bonds is 9. The molecule has 2 atom stereocenters. The minimum absolute atomic E-state index is 0.104. The number of nitrogens with zero attached hydrogens (tertiary/aromatic N) is 3. The second-order valence-corrected chi connectivity index (χ2v) is 23.8. The van der Waals surface area contributed by atoms with Gasteiger partial charge in [0, 0.05) is 38.5 Å². The van der Waals surface area contributed by atoms with Crippen LogP contribution in [0.25, 0.3) is 11.1 Å². The van der Waals surface area contributed by atoms with Crippen molar-refractivity contribution < 1.29 is 14.3 Å². The van der Waals surface area contributed by atoms with E-state index in [4.69, 9.17) is 9.47 Å². The number of fused-ring (bicyclic) bond motifs is 2. The van der Waals surface area contributed by atoms with Gasteiger partial charge in [-0.1, -0.05) is 93.2 Å². The predicted octanol–water partition coefficient (Wildman–Crippen LogP) is 9.86. The van der Waals surface area contributed by atoms with Gasteiger partial charge >= 0.3 is 0 Å². The van der Waals surface area contributed by atoms with Crippen molar-refractivity contribution in [1.29, 1.82) is 5.26 Å². The second-order valence-electron chi connectivity index (χ2n) is 18.2. The van der Waals surface area contributed by atoms with Crippen LogP contribution in [-0.4, -0.2) is 41.3 Å². The number of nitrogens with one attached hydrogen (secondary N) is 1. The Morgan fingerprint density at radius 3 is 2.44 bits per heavy atom. The number of benzene rings is 1. The van der Waals surface area contributed by atoms with E-state index in [0.717, 1.165) is 48.5 Å². The van der Waals surface area contributed by atoms with Gasteiger partial charge in [-0.15, -0.1) is 0 Å². The van der Waals surface area contributed by atoms with Gasteiger partial charge in [0.05, 0.1) is 5.60 Å². The number of nitriles is 1. The zero-order valence-corrected chi connectivity index (χ0v) is 32.1. The minimum atomic E-state index is -1.27. The fourth-order valence-electron chi connectivity index (χ4n) is 6.78. The summed E-state index contributed by atoms with van der Waals surface area (Å²) in [5.74, 6) is -0.190. The summed E-state index contributed by atoms with van der Waals surface area (Å²) in [7, 11) is -1.27. The molecule has 8 heteroatoms. The highest BCUT2D eigenvalue weighted by Gasteiger charge is 2.57. The molecule has 2 aromatic rings. The molecule has 1 aliphatic carbocycles. The molecular formula is C40H56N4O3Si. The fourth-order valence-corrected chi connectivity index (χ4v) is 7.53. The number of amides is 1. The summed E-state index contributed by atoms with van der Waals surface area (Å²) in [6.07, 6.45) is 14.6. The third-order valence-electron chi connectivity index (χ3n) is 10.5. The molecule has 7 nitrogen and oxygen atoms in total. The van der Waals surface area contributed by atoms with Crippen molar-refractivity contribution in [3.05, 3.63) is 71.3 Å². The summed E-state index contributed by atoms with van der Waals surface area (Å²) in [6, 6.07) is 9.52. The first kappa shape index (κ1) is 36.0. The normalized spacial score (nSPS) is 23.8. The van der Waals surface area contributed by atoms with E-state index in [-0.39, 0.29) is 40.4 Å². The fraction of sp³-hybridized carbons (Fsp3) is 0.575. The van der Waals surface area contributed by atoms with Gasteiger partial charge in [-0.3, -0.25) is 4.79 Å². The van der Waals surface area contributed by atoms with Gasteiger partial charge in [0.25, 0.3) is 5.91 Å². The molecule has 1 aromatic carbocycles.